The van der Waals surface area contributed by atoms with Crippen molar-refractivity contribution >= 4 is 12.9 Å². The lowest BCUT2D eigenvalue weighted by molar-refractivity contribution is 0.602. The summed E-state index contributed by atoms with van der Waals surface area (Å²) in [4.78, 5) is 0. The van der Waals surface area contributed by atoms with Gasteiger partial charge in [0.1, 0.15) is 11.6 Å². The highest BCUT2D eigenvalue weighted by atomic mass is 19.1. The Morgan fingerprint density at radius 2 is 1.32 bits per heavy atom. The van der Waals surface area contributed by atoms with E-state index in [9.17, 15) is 8.78 Å². The third kappa shape index (κ3) is 2.78. The largest absolute Gasteiger partial charge is 0.449 e. The zero-order valence-electron chi connectivity index (χ0n) is 11.8. The van der Waals surface area contributed by atoms with Gasteiger partial charge in [0.05, 0.1) is 0 Å². The normalized spacial score (nSPS) is 10.5. The molecule has 0 spiro atoms. The number of halogens is 2. The molecule has 3 aromatic carbocycles. The second kappa shape index (κ2) is 6.12. The molecule has 108 valence electrons. The van der Waals surface area contributed by atoms with Crippen LogP contribution >= 0.6 is 0 Å². The summed E-state index contributed by atoms with van der Waals surface area (Å²) in [6, 6.07) is 18.6. The Morgan fingerprint density at radius 1 is 0.682 bits per heavy atom. The van der Waals surface area contributed by atoms with Gasteiger partial charge in [-0.3, -0.25) is 0 Å². The molecule has 0 aliphatic carbocycles. The summed E-state index contributed by atoms with van der Waals surface area (Å²) in [5, 5.41) is 8.99. The van der Waals surface area contributed by atoms with Gasteiger partial charge in [-0.05, 0) is 34.3 Å². The molecule has 3 aromatic rings. The van der Waals surface area contributed by atoms with Gasteiger partial charge in [-0.2, -0.15) is 0 Å². The van der Waals surface area contributed by atoms with E-state index in [1.54, 1.807) is 18.2 Å². The minimum atomic E-state index is -0.493. The van der Waals surface area contributed by atoms with E-state index in [-0.39, 0.29) is 18.8 Å². The number of benzene rings is 3. The molecule has 0 fully saturated rings. The van der Waals surface area contributed by atoms with Crippen molar-refractivity contribution in [2.45, 2.75) is 0 Å². The van der Waals surface area contributed by atoms with Gasteiger partial charge in [-0.15, -0.1) is 0 Å². The van der Waals surface area contributed by atoms with Gasteiger partial charge >= 0.3 is 7.48 Å². The minimum Gasteiger partial charge on any atom is -0.449 e. The number of hydrogen-bond donors (Lipinski definition) is 1. The number of rotatable bonds is 3. The average molecular weight is 294 g/mol. The van der Waals surface area contributed by atoms with E-state index in [2.05, 4.69) is 0 Å². The highest BCUT2D eigenvalue weighted by molar-refractivity contribution is 6.45. The lowest BCUT2D eigenvalue weighted by atomic mass is 9.86. The van der Waals surface area contributed by atoms with E-state index in [4.69, 9.17) is 5.02 Å². The molecule has 4 heteroatoms. The Kier molecular flexibility index (Phi) is 4.03. The van der Waals surface area contributed by atoms with E-state index >= 15 is 0 Å². The summed E-state index contributed by atoms with van der Waals surface area (Å²) in [6.07, 6.45) is 0. The lowest BCUT2D eigenvalue weighted by Crippen LogP contribution is -2.17. The molecular weight excluding hydrogens is 281 g/mol. The highest BCUT2D eigenvalue weighted by Gasteiger charge is 2.09. The quantitative estimate of drug-likeness (QED) is 0.735. The molecule has 22 heavy (non-hydrogen) atoms. The Balaban J connectivity index is 2.00. The molecule has 1 N–H and O–H groups in total. The summed E-state index contributed by atoms with van der Waals surface area (Å²) in [5.74, 6) is -0.845. The molecule has 0 bridgehead atoms. The third-order valence-electron chi connectivity index (χ3n) is 3.61. The van der Waals surface area contributed by atoms with Gasteiger partial charge < -0.3 is 5.02 Å². The van der Waals surface area contributed by atoms with Crippen LogP contribution < -0.4 is 5.46 Å². The van der Waals surface area contributed by atoms with E-state index < -0.39 is 5.82 Å². The third-order valence-corrected chi connectivity index (χ3v) is 3.61. The van der Waals surface area contributed by atoms with Crippen molar-refractivity contribution in [2.24, 2.45) is 0 Å². The van der Waals surface area contributed by atoms with Gasteiger partial charge in [-0.25, -0.2) is 8.78 Å². The van der Waals surface area contributed by atoms with Crippen LogP contribution in [-0.2, 0) is 0 Å². The molecule has 0 amide bonds. The molecule has 0 aliphatic rings. The van der Waals surface area contributed by atoms with Crippen molar-refractivity contribution in [1.29, 1.82) is 0 Å². The van der Waals surface area contributed by atoms with E-state index in [1.165, 1.54) is 18.2 Å². The summed E-state index contributed by atoms with van der Waals surface area (Å²) in [5.41, 5.74) is 2.71. The van der Waals surface area contributed by atoms with Crippen molar-refractivity contribution in [3.8, 4) is 22.3 Å². The topological polar surface area (TPSA) is 20.2 Å². The maximum Gasteiger partial charge on any atom is 0.307 e. The molecule has 0 aromatic heterocycles. The van der Waals surface area contributed by atoms with Crippen LogP contribution in [0.2, 0.25) is 0 Å². The molecule has 0 saturated heterocycles. The maximum absolute atomic E-state index is 14.3. The summed E-state index contributed by atoms with van der Waals surface area (Å²) in [7, 11) is -0.354. The molecule has 0 aliphatic heterocycles. The molecule has 1 nitrogen and oxygen atoms in total. The van der Waals surface area contributed by atoms with Crippen LogP contribution in [0.15, 0.2) is 66.7 Å². The Labute approximate surface area is 128 Å². The van der Waals surface area contributed by atoms with Crippen LogP contribution in [-0.4, -0.2) is 12.5 Å². The summed E-state index contributed by atoms with van der Waals surface area (Å²) < 4.78 is 28.1. The maximum atomic E-state index is 14.3. The average Bonchev–Trinajstić information content (AvgIpc) is 2.55. The van der Waals surface area contributed by atoms with Crippen molar-refractivity contribution in [1.82, 2.24) is 0 Å². The fourth-order valence-electron chi connectivity index (χ4n) is 2.40. The first-order chi connectivity index (χ1) is 10.7. The number of hydrogen-bond acceptors (Lipinski definition) is 1. The fourth-order valence-corrected chi connectivity index (χ4v) is 2.40. The van der Waals surface area contributed by atoms with Crippen molar-refractivity contribution < 1.29 is 13.8 Å². The zero-order chi connectivity index (χ0) is 15.5. The van der Waals surface area contributed by atoms with Crippen LogP contribution in [0.5, 0.6) is 0 Å². The van der Waals surface area contributed by atoms with Gasteiger partial charge in [0.15, 0.2) is 0 Å². The second-order valence-corrected chi connectivity index (χ2v) is 5.02. The standard InChI is InChI=1S/C18H13BF2O/c20-17-10-13(14-7-9-16(19-22)18(21)11-14)6-8-15(17)12-4-2-1-3-5-12/h1-11,19,22H. The fraction of sp³-hybridized carbons (Fsp3) is 0. The van der Waals surface area contributed by atoms with Gasteiger partial charge in [0.25, 0.3) is 0 Å². The Morgan fingerprint density at radius 3 is 1.91 bits per heavy atom. The monoisotopic (exact) mass is 294 g/mol. The first-order valence-electron chi connectivity index (χ1n) is 6.93. The molecule has 0 saturated carbocycles. The lowest BCUT2D eigenvalue weighted by Gasteiger charge is -2.08. The van der Waals surface area contributed by atoms with Crippen LogP contribution in [0.3, 0.4) is 0 Å². The Hall–Kier alpha value is -2.46. The molecule has 0 radical (unpaired) electrons. The summed E-state index contributed by atoms with van der Waals surface area (Å²) in [6.45, 7) is 0. The van der Waals surface area contributed by atoms with Crippen LogP contribution in [0.4, 0.5) is 8.78 Å². The second-order valence-electron chi connectivity index (χ2n) is 5.02. The molecule has 0 heterocycles. The first-order valence-corrected chi connectivity index (χ1v) is 6.93. The molecule has 3 rings (SSSR count). The van der Waals surface area contributed by atoms with Crippen molar-refractivity contribution in [3.05, 3.63) is 78.4 Å². The van der Waals surface area contributed by atoms with Crippen LogP contribution in [0.25, 0.3) is 22.3 Å². The van der Waals surface area contributed by atoms with E-state index in [0.29, 0.717) is 16.7 Å². The highest BCUT2D eigenvalue weighted by Crippen LogP contribution is 2.27. The summed E-state index contributed by atoms with van der Waals surface area (Å²) >= 11 is 0. The Bertz CT molecular complexity index is 803. The predicted octanol–water partition coefficient (Wildman–Crippen LogP) is 3.27. The van der Waals surface area contributed by atoms with Crippen LogP contribution in [0.1, 0.15) is 0 Å². The van der Waals surface area contributed by atoms with E-state index in [1.807, 2.05) is 30.3 Å². The van der Waals surface area contributed by atoms with Gasteiger partial charge in [0.2, 0.25) is 0 Å². The molecule has 0 atom stereocenters. The van der Waals surface area contributed by atoms with Gasteiger partial charge in [0, 0.05) is 5.56 Å². The van der Waals surface area contributed by atoms with Gasteiger partial charge in [-0.1, -0.05) is 54.6 Å². The molecule has 0 unspecified atom stereocenters. The van der Waals surface area contributed by atoms with Crippen molar-refractivity contribution in [2.75, 3.05) is 0 Å². The smallest absolute Gasteiger partial charge is 0.307 e. The predicted molar refractivity (Wildman–Crippen MR) is 86.2 cm³/mol. The van der Waals surface area contributed by atoms with E-state index in [0.717, 1.165) is 5.56 Å². The van der Waals surface area contributed by atoms with Crippen LogP contribution in [0, 0.1) is 11.6 Å². The minimum absolute atomic E-state index is 0.227. The van der Waals surface area contributed by atoms with Crippen molar-refractivity contribution in [3.63, 3.8) is 0 Å². The molecular formula is C18H13BF2O. The zero-order valence-corrected chi connectivity index (χ0v) is 11.8. The first kappa shape index (κ1) is 14.5. The SMILES string of the molecule is OBc1ccc(-c2ccc(-c3ccccc3)c(F)c2)cc1F.